The Kier molecular flexibility index (Phi) is 6.48. The number of hydrogen-bond acceptors (Lipinski definition) is 2. The minimum atomic E-state index is -4.37. The number of alkyl halides is 4. The van der Waals surface area contributed by atoms with E-state index in [1.807, 2.05) is 0 Å². The highest BCUT2D eigenvalue weighted by molar-refractivity contribution is 6.27. The van der Waals surface area contributed by atoms with Crippen molar-refractivity contribution in [1.29, 1.82) is 0 Å². The third-order valence-corrected chi connectivity index (χ3v) is 3.24. The first-order chi connectivity index (χ1) is 9.79. The van der Waals surface area contributed by atoms with Gasteiger partial charge in [-0.1, -0.05) is 12.1 Å². The summed E-state index contributed by atoms with van der Waals surface area (Å²) in [5, 5.41) is 0. The van der Waals surface area contributed by atoms with Gasteiger partial charge in [-0.3, -0.25) is 4.79 Å². The molecule has 118 valence electrons. The molecule has 0 heterocycles. The maximum Gasteiger partial charge on any atom is 0.416 e. The number of halogens is 4. The lowest BCUT2D eigenvalue weighted by atomic mass is 10.1. The first-order valence-electron chi connectivity index (χ1n) is 6.30. The average Bonchev–Trinajstić information content (AvgIpc) is 2.43. The molecule has 0 radical (unpaired) electrons. The Balaban J connectivity index is 2.86. The fourth-order valence-electron chi connectivity index (χ4n) is 1.89. The predicted molar refractivity (Wildman–Crippen MR) is 74.1 cm³/mol. The highest BCUT2D eigenvalue weighted by Crippen LogP contribution is 2.29. The molecule has 0 N–H and O–H groups in total. The molecule has 3 nitrogen and oxygen atoms in total. The Hall–Kier alpha value is -1.27. The van der Waals surface area contributed by atoms with Gasteiger partial charge in [0.25, 0.3) is 0 Å². The Morgan fingerprint density at radius 3 is 2.33 bits per heavy atom. The predicted octanol–water partition coefficient (Wildman–Crippen LogP) is 3.31. The Bertz CT molecular complexity index is 462. The molecule has 0 aliphatic heterocycles. The topological polar surface area (TPSA) is 29.5 Å². The molecule has 0 bridgehead atoms. The zero-order chi connectivity index (χ0) is 16.0. The molecule has 0 saturated carbocycles. The maximum absolute atomic E-state index is 12.5. The Morgan fingerprint density at radius 1 is 1.33 bits per heavy atom. The van der Waals surface area contributed by atoms with Crippen molar-refractivity contribution in [1.82, 2.24) is 4.90 Å². The zero-order valence-corrected chi connectivity index (χ0v) is 12.5. The monoisotopic (exact) mass is 323 g/mol. The van der Waals surface area contributed by atoms with Crippen LogP contribution in [0, 0.1) is 0 Å². The molecule has 1 amide bonds. The van der Waals surface area contributed by atoms with Gasteiger partial charge in [-0.15, -0.1) is 11.6 Å². The van der Waals surface area contributed by atoms with Crippen molar-refractivity contribution >= 4 is 17.5 Å². The van der Waals surface area contributed by atoms with Crippen molar-refractivity contribution in [2.45, 2.75) is 25.7 Å². The Morgan fingerprint density at radius 2 is 1.90 bits per heavy atom. The lowest BCUT2D eigenvalue weighted by molar-refractivity contribution is -0.137. The smallest absolute Gasteiger partial charge is 0.383 e. The number of nitrogens with zero attached hydrogens (tertiary/aromatic N) is 1. The third kappa shape index (κ3) is 5.21. The van der Waals surface area contributed by atoms with Crippen molar-refractivity contribution in [2.24, 2.45) is 0 Å². The van der Waals surface area contributed by atoms with Gasteiger partial charge in [-0.05, 0) is 24.6 Å². The summed E-state index contributed by atoms with van der Waals surface area (Å²) in [6, 6.07) is 4.50. The molecule has 1 aromatic carbocycles. The van der Waals surface area contributed by atoms with Crippen LogP contribution in [0.1, 0.15) is 18.1 Å². The standard InChI is InChI=1S/C14H17ClF3NO2/c1-10(9-21-2)19(13(20)7-15)8-11-3-5-12(6-4-11)14(16,17)18/h3-6,10H,7-9H2,1-2H3. The van der Waals surface area contributed by atoms with Crippen molar-refractivity contribution < 1.29 is 22.7 Å². The first-order valence-corrected chi connectivity index (χ1v) is 6.83. The second-order valence-corrected chi connectivity index (χ2v) is 4.92. The van der Waals surface area contributed by atoms with Gasteiger partial charge in [0.1, 0.15) is 5.88 Å². The minimum absolute atomic E-state index is 0.186. The molecular weight excluding hydrogens is 307 g/mol. The van der Waals surface area contributed by atoms with Crippen LogP contribution in [0.2, 0.25) is 0 Å². The van der Waals surface area contributed by atoms with Gasteiger partial charge in [0.05, 0.1) is 18.2 Å². The summed E-state index contributed by atoms with van der Waals surface area (Å²) >= 11 is 5.56. The van der Waals surface area contributed by atoms with Gasteiger partial charge in [-0.25, -0.2) is 0 Å². The number of hydrogen-bond donors (Lipinski definition) is 0. The highest BCUT2D eigenvalue weighted by atomic mass is 35.5. The fraction of sp³-hybridized carbons (Fsp3) is 0.500. The number of ether oxygens (including phenoxy) is 1. The van der Waals surface area contributed by atoms with Crippen LogP contribution < -0.4 is 0 Å². The number of amides is 1. The van der Waals surface area contributed by atoms with Crippen LogP contribution in [0.15, 0.2) is 24.3 Å². The van der Waals surface area contributed by atoms with E-state index < -0.39 is 11.7 Å². The molecule has 0 fully saturated rings. The first kappa shape index (κ1) is 17.8. The maximum atomic E-state index is 12.5. The summed E-state index contributed by atoms with van der Waals surface area (Å²) in [4.78, 5) is 13.3. The van der Waals surface area contributed by atoms with E-state index >= 15 is 0 Å². The van der Waals surface area contributed by atoms with E-state index in [-0.39, 0.29) is 24.4 Å². The minimum Gasteiger partial charge on any atom is -0.383 e. The van der Waals surface area contributed by atoms with Gasteiger partial charge in [0.15, 0.2) is 0 Å². The van der Waals surface area contributed by atoms with Gasteiger partial charge < -0.3 is 9.64 Å². The van der Waals surface area contributed by atoms with E-state index in [2.05, 4.69) is 0 Å². The number of benzene rings is 1. The van der Waals surface area contributed by atoms with E-state index in [4.69, 9.17) is 16.3 Å². The lowest BCUT2D eigenvalue weighted by Gasteiger charge is -2.28. The van der Waals surface area contributed by atoms with E-state index in [1.54, 1.807) is 6.92 Å². The van der Waals surface area contributed by atoms with E-state index in [1.165, 1.54) is 24.1 Å². The Labute approximate surface area is 126 Å². The van der Waals surface area contributed by atoms with Gasteiger partial charge in [0, 0.05) is 13.7 Å². The molecule has 0 aliphatic carbocycles. The normalized spacial score (nSPS) is 13.0. The molecule has 1 aromatic rings. The molecule has 0 spiro atoms. The van der Waals surface area contributed by atoms with Crippen LogP contribution >= 0.6 is 11.6 Å². The summed E-state index contributed by atoms with van der Waals surface area (Å²) in [6.07, 6.45) is -4.37. The largest absolute Gasteiger partial charge is 0.416 e. The molecule has 7 heteroatoms. The molecule has 1 rings (SSSR count). The molecule has 1 atom stereocenters. The number of carbonyl (C=O) groups is 1. The quantitative estimate of drug-likeness (QED) is 0.752. The van der Waals surface area contributed by atoms with Crippen molar-refractivity contribution in [2.75, 3.05) is 19.6 Å². The number of methoxy groups -OCH3 is 1. The van der Waals surface area contributed by atoms with Gasteiger partial charge >= 0.3 is 6.18 Å². The number of carbonyl (C=O) groups excluding carboxylic acids is 1. The van der Waals surface area contributed by atoms with Crippen LogP contribution in [-0.2, 0) is 22.3 Å². The molecule has 0 aromatic heterocycles. The fourth-order valence-corrected chi connectivity index (χ4v) is 2.05. The second-order valence-electron chi connectivity index (χ2n) is 4.65. The lowest BCUT2D eigenvalue weighted by Crippen LogP contribution is -2.41. The molecular formula is C14H17ClF3NO2. The van der Waals surface area contributed by atoms with Crippen LogP contribution in [0.3, 0.4) is 0 Å². The van der Waals surface area contributed by atoms with Crippen molar-refractivity contribution in [3.63, 3.8) is 0 Å². The van der Waals surface area contributed by atoms with Crippen LogP contribution in [-0.4, -0.2) is 36.4 Å². The molecule has 21 heavy (non-hydrogen) atoms. The van der Waals surface area contributed by atoms with Crippen molar-refractivity contribution in [3.8, 4) is 0 Å². The van der Waals surface area contributed by atoms with Crippen LogP contribution in [0.5, 0.6) is 0 Å². The zero-order valence-electron chi connectivity index (χ0n) is 11.8. The summed E-state index contributed by atoms with van der Waals surface area (Å²) < 4.78 is 42.5. The summed E-state index contributed by atoms with van der Waals surface area (Å²) in [7, 11) is 1.51. The van der Waals surface area contributed by atoms with E-state index in [9.17, 15) is 18.0 Å². The van der Waals surface area contributed by atoms with Crippen LogP contribution in [0.4, 0.5) is 13.2 Å². The molecule has 0 aliphatic rings. The molecule has 1 unspecified atom stereocenters. The molecule has 0 saturated heterocycles. The summed E-state index contributed by atoms with van der Waals surface area (Å²) in [5.41, 5.74) is -0.115. The SMILES string of the molecule is COCC(C)N(Cc1ccc(C(F)(F)F)cc1)C(=O)CCl. The number of rotatable bonds is 6. The second kappa shape index (κ2) is 7.66. The van der Waals surface area contributed by atoms with Gasteiger partial charge in [0.2, 0.25) is 5.91 Å². The van der Waals surface area contributed by atoms with Crippen molar-refractivity contribution in [3.05, 3.63) is 35.4 Å². The van der Waals surface area contributed by atoms with Crippen LogP contribution in [0.25, 0.3) is 0 Å². The third-order valence-electron chi connectivity index (χ3n) is 3.01. The average molecular weight is 324 g/mol. The van der Waals surface area contributed by atoms with E-state index in [0.717, 1.165) is 12.1 Å². The summed E-state index contributed by atoms with van der Waals surface area (Å²) in [6.45, 7) is 2.30. The van der Waals surface area contributed by atoms with Gasteiger partial charge in [-0.2, -0.15) is 13.2 Å². The summed E-state index contributed by atoms with van der Waals surface area (Å²) in [5.74, 6) is -0.476. The van der Waals surface area contributed by atoms with E-state index in [0.29, 0.717) is 12.2 Å². The highest BCUT2D eigenvalue weighted by Gasteiger charge is 2.30.